The SMILES string of the molecule is CN=C(NC(C)=C(C)C)OC[C@@H]1CCCN1C. The topological polar surface area (TPSA) is 36.9 Å². The molecular weight excluding hydrogens is 214 g/mol. The summed E-state index contributed by atoms with van der Waals surface area (Å²) in [5.74, 6) is 0. The lowest BCUT2D eigenvalue weighted by atomic mass is 10.2. The smallest absolute Gasteiger partial charge is 0.288 e. The predicted molar refractivity (Wildman–Crippen MR) is 72.1 cm³/mol. The fourth-order valence-corrected chi connectivity index (χ4v) is 1.81. The Kier molecular flexibility index (Phi) is 5.48. The lowest BCUT2D eigenvalue weighted by Crippen LogP contribution is -2.34. The number of likely N-dealkylation sites (tertiary alicyclic amines) is 1. The lowest BCUT2D eigenvalue weighted by molar-refractivity contribution is 0.184. The summed E-state index contributed by atoms with van der Waals surface area (Å²) in [6, 6.07) is 1.14. The first-order chi connectivity index (χ1) is 8.04. The summed E-state index contributed by atoms with van der Waals surface area (Å²) in [5.41, 5.74) is 2.35. The first kappa shape index (κ1) is 14.0. The number of rotatable bonds is 3. The van der Waals surface area contributed by atoms with E-state index in [1.54, 1.807) is 7.05 Å². The summed E-state index contributed by atoms with van der Waals surface area (Å²) in [5, 5.41) is 3.19. The minimum absolute atomic E-state index is 0.528. The highest BCUT2D eigenvalue weighted by molar-refractivity contribution is 5.75. The molecule has 0 unspecified atom stereocenters. The third-order valence-electron chi connectivity index (χ3n) is 3.33. The van der Waals surface area contributed by atoms with Crippen molar-refractivity contribution in [3.8, 4) is 0 Å². The van der Waals surface area contributed by atoms with Crippen molar-refractivity contribution in [3.63, 3.8) is 0 Å². The zero-order chi connectivity index (χ0) is 12.8. The molecule has 4 heteroatoms. The van der Waals surface area contributed by atoms with E-state index in [1.807, 2.05) is 6.92 Å². The van der Waals surface area contributed by atoms with Crippen molar-refractivity contribution in [1.29, 1.82) is 0 Å². The highest BCUT2D eigenvalue weighted by Gasteiger charge is 2.21. The molecule has 1 aliphatic heterocycles. The van der Waals surface area contributed by atoms with Gasteiger partial charge in [0.2, 0.25) is 0 Å². The molecule has 1 N–H and O–H groups in total. The van der Waals surface area contributed by atoms with Crippen LogP contribution in [0, 0.1) is 0 Å². The van der Waals surface area contributed by atoms with Gasteiger partial charge in [-0.2, -0.15) is 0 Å². The third-order valence-corrected chi connectivity index (χ3v) is 3.33. The second-order valence-electron chi connectivity index (χ2n) is 4.87. The number of likely N-dealkylation sites (N-methyl/N-ethyl adjacent to an activating group) is 1. The molecule has 1 saturated heterocycles. The Morgan fingerprint density at radius 2 is 2.12 bits per heavy atom. The number of allylic oxidation sites excluding steroid dienone is 2. The molecule has 1 atom stereocenters. The summed E-state index contributed by atoms with van der Waals surface area (Å²) in [7, 11) is 3.90. The van der Waals surface area contributed by atoms with Gasteiger partial charge in [0.15, 0.2) is 0 Å². The van der Waals surface area contributed by atoms with E-state index in [4.69, 9.17) is 4.74 Å². The molecule has 0 bridgehead atoms. The maximum atomic E-state index is 5.73. The largest absolute Gasteiger partial charge is 0.463 e. The maximum absolute atomic E-state index is 5.73. The van der Waals surface area contributed by atoms with Crippen LogP contribution >= 0.6 is 0 Å². The molecule has 0 amide bonds. The highest BCUT2D eigenvalue weighted by Crippen LogP contribution is 2.14. The van der Waals surface area contributed by atoms with E-state index in [9.17, 15) is 0 Å². The van der Waals surface area contributed by atoms with Crippen LogP contribution in [0.15, 0.2) is 16.3 Å². The lowest BCUT2D eigenvalue weighted by Gasteiger charge is -2.20. The van der Waals surface area contributed by atoms with Crippen molar-refractivity contribution in [2.45, 2.75) is 39.7 Å². The first-order valence-corrected chi connectivity index (χ1v) is 6.25. The Labute approximate surface area is 105 Å². The number of aliphatic imine (C=N–C) groups is 1. The molecule has 1 rings (SSSR count). The van der Waals surface area contributed by atoms with Crippen LogP contribution in [0.2, 0.25) is 0 Å². The fourth-order valence-electron chi connectivity index (χ4n) is 1.81. The average Bonchev–Trinajstić information content (AvgIpc) is 2.69. The van der Waals surface area contributed by atoms with Crippen molar-refractivity contribution in [2.75, 3.05) is 27.2 Å². The normalized spacial score (nSPS) is 21.5. The van der Waals surface area contributed by atoms with Crippen LogP contribution in [-0.4, -0.2) is 44.2 Å². The summed E-state index contributed by atoms with van der Waals surface area (Å²) in [6.07, 6.45) is 2.48. The molecule has 1 fully saturated rings. The van der Waals surface area contributed by atoms with Crippen LogP contribution in [-0.2, 0) is 4.74 Å². The van der Waals surface area contributed by atoms with E-state index in [1.165, 1.54) is 25.0 Å². The second-order valence-corrected chi connectivity index (χ2v) is 4.87. The minimum Gasteiger partial charge on any atom is -0.463 e. The summed E-state index contributed by atoms with van der Waals surface area (Å²) in [6.45, 7) is 8.06. The summed E-state index contributed by atoms with van der Waals surface area (Å²) in [4.78, 5) is 6.48. The Bertz CT molecular complexity index is 306. The monoisotopic (exact) mass is 239 g/mol. The van der Waals surface area contributed by atoms with E-state index < -0.39 is 0 Å². The Morgan fingerprint density at radius 1 is 1.41 bits per heavy atom. The molecule has 1 heterocycles. The Balaban J connectivity index is 2.41. The fraction of sp³-hybridized carbons (Fsp3) is 0.769. The highest BCUT2D eigenvalue weighted by atomic mass is 16.5. The van der Waals surface area contributed by atoms with Crippen molar-refractivity contribution >= 4 is 6.02 Å². The van der Waals surface area contributed by atoms with Crippen molar-refractivity contribution < 1.29 is 4.74 Å². The van der Waals surface area contributed by atoms with Crippen LogP contribution in [0.5, 0.6) is 0 Å². The zero-order valence-corrected chi connectivity index (χ0v) is 11.7. The summed E-state index contributed by atoms with van der Waals surface area (Å²) >= 11 is 0. The van der Waals surface area contributed by atoms with Gasteiger partial charge >= 0.3 is 0 Å². The maximum Gasteiger partial charge on any atom is 0.288 e. The number of ether oxygens (including phenoxy) is 1. The molecule has 0 aromatic carbocycles. The molecule has 0 radical (unpaired) electrons. The number of nitrogens with one attached hydrogen (secondary N) is 1. The van der Waals surface area contributed by atoms with Crippen molar-refractivity contribution in [2.24, 2.45) is 4.99 Å². The summed E-state index contributed by atoms with van der Waals surface area (Å²) < 4.78 is 5.73. The molecule has 0 aliphatic carbocycles. The van der Waals surface area contributed by atoms with Gasteiger partial charge in [0, 0.05) is 18.8 Å². The Hall–Kier alpha value is -1.03. The quantitative estimate of drug-likeness (QED) is 0.604. The number of amidine groups is 1. The molecule has 4 nitrogen and oxygen atoms in total. The van der Waals surface area contributed by atoms with Crippen LogP contribution in [0.1, 0.15) is 33.6 Å². The zero-order valence-electron chi connectivity index (χ0n) is 11.7. The molecule has 0 aromatic rings. The van der Waals surface area contributed by atoms with E-state index in [0.717, 1.165) is 5.70 Å². The molecule has 17 heavy (non-hydrogen) atoms. The van der Waals surface area contributed by atoms with Gasteiger partial charge in [0.05, 0.1) is 0 Å². The molecule has 0 spiro atoms. The average molecular weight is 239 g/mol. The van der Waals surface area contributed by atoms with Gasteiger partial charge in [-0.25, -0.2) is 4.99 Å². The molecule has 0 saturated carbocycles. The standard InChI is InChI=1S/C13H25N3O/c1-10(2)11(3)15-13(14-4)17-9-12-7-6-8-16(12)5/h12H,6-9H2,1-5H3,(H,14,15)/t12-/m0/s1. The van der Waals surface area contributed by atoms with Crippen LogP contribution < -0.4 is 5.32 Å². The molecule has 98 valence electrons. The van der Waals surface area contributed by atoms with Crippen LogP contribution in [0.3, 0.4) is 0 Å². The van der Waals surface area contributed by atoms with Crippen molar-refractivity contribution in [3.05, 3.63) is 11.3 Å². The van der Waals surface area contributed by atoms with Gasteiger partial charge < -0.3 is 15.0 Å². The van der Waals surface area contributed by atoms with E-state index in [0.29, 0.717) is 18.7 Å². The van der Waals surface area contributed by atoms with E-state index >= 15 is 0 Å². The van der Waals surface area contributed by atoms with Gasteiger partial charge in [-0.15, -0.1) is 0 Å². The van der Waals surface area contributed by atoms with Gasteiger partial charge in [0.1, 0.15) is 6.61 Å². The van der Waals surface area contributed by atoms with Crippen LogP contribution in [0.4, 0.5) is 0 Å². The van der Waals surface area contributed by atoms with Gasteiger partial charge in [-0.3, -0.25) is 0 Å². The van der Waals surface area contributed by atoms with Gasteiger partial charge in [-0.1, -0.05) is 5.57 Å². The van der Waals surface area contributed by atoms with E-state index in [-0.39, 0.29) is 0 Å². The second kappa shape index (κ2) is 6.64. The van der Waals surface area contributed by atoms with Gasteiger partial charge in [0.25, 0.3) is 6.02 Å². The van der Waals surface area contributed by atoms with Crippen LogP contribution in [0.25, 0.3) is 0 Å². The van der Waals surface area contributed by atoms with Gasteiger partial charge in [-0.05, 0) is 47.2 Å². The predicted octanol–water partition coefficient (Wildman–Crippen LogP) is 1.99. The molecule has 1 aliphatic rings. The van der Waals surface area contributed by atoms with E-state index in [2.05, 4.69) is 36.1 Å². The third kappa shape index (κ3) is 4.38. The minimum atomic E-state index is 0.528. The molecule has 0 aromatic heterocycles. The first-order valence-electron chi connectivity index (χ1n) is 6.25. The number of nitrogens with zero attached hydrogens (tertiary/aromatic N) is 2. The number of hydrogen-bond acceptors (Lipinski definition) is 3. The molecular formula is C13H25N3O. The number of hydrogen-bond donors (Lipinski definition) is 1. The Morgan fingerprint density at radius 3 is 2.59 bits per heavy atom. The van der Waals surface area contributed by atoms with Crippen molar-refractivity contribution in [1.82, 2.24) is 10.2 Å².